The zero-order chi connectivity index (χ0) is 10.3. The summed E-state index contributed by atoms with van der Waals surface area (Å²) in [5, 5.41) is 0. The van der Waals surface area contributed by atoms with Crippen molar-refractivity contribution in [2.45, 2.75) is 25.0 Å². The van der Waals surface area contributed by atoms with E-state index in [0.717, 1.165) is 52.5 Å². The second-order valence-corrected chi connectivity index (χ2v) is 3.80. The van der Waals surface area contributed by atoms with Crippen LogP contribution >= 0.6 is 0 Å². The maximum absolute atomic E-state index is 5.23. The molecule has 2 unspecified atom stereocenters. The SMILES string of the molecule is C(OCC1CO1)C1CO1.C1CCOOC1. The van der Waals surface area contributed by atoms with Gasteiger partial charge in [-0.15, -0.1) is 0 Å². The Morgan fingerprint density at radius 2 is 1.33 bits per heavy atom. The van der Waals surface area contributed by atoms with Gasteiger partial charge < -0.3 is 14.2 Å². The molecule has 3 rings (SSSR count). The minimum absolute atomic E-state index is 0.392. The summed E-state index contributed by atoms with van der Waals surface area (Å²) in [7, 11) is 0. The van der Waals surface area contributed by atoms with E-state index < -0.39 is 0 Å². The Morgan fingerprint density at radius 3 is 1.60 bits per heavy atom. The predicted octanol–water partition coefficient (Wildman–Crippen LogP) is 0.529. The van der Waals surface area contributed by atoms with Crippen molar-refractivity contribution in [3.63, 3.8) is 0 Å². The molecule has 0 saturated carbocycles. The number of ether oxygens (including phenoxy) is 3. The summed E-state index contributed by atoms with van der Waals surface area (Å²) in [5.74, 6) is 0. The molecular formula is C10H18O5. The highest BCUT2D eigenvalue weighted by atomic mass is 17.2. The van der Waals surface area contributed by atoms with Gasteiger partial charge in [-0.3, -0.25) is 0 Å². The molecule has 15 heavy (non-hydrogen) atoms. The van der Waals surface area contributed by atoms with E-state index in [0.29, 0.717) is 12.2 Å². The summed E-state index contributed by atoms with van der Waals surface area (Å²) >= 11 is 0. The third kappa shape index (κ3) is 6.06. The minimum atomic E-state index is 0.392. The van der Waals surface area contributed by atoms with Crippen molar-refractivity contribution in [2.75, 3.05) is 39.6 Å². The Kier molecular flexibility index (Phi) is 4.82. The zero-order valence-corrected chi connectivity index (χ0v) is 8.85. The van der Waals surface area contributed by atoms with E-state index in [4.69, 9.17) is 14.2 Å². The van der Waals surface area contributed by atoms with Crippen LogP contribution in [0.15, 0.2) is 0 Å². The highest BCUT2D eigenvalue weighted by Gasteiger charge is 2.26. The van der Waals surface area contributed by atoms with E-state index in [1.807, 2.05) is 0 Å². The number of hydrogen-bond donors (Lipinski definition) is 0. The van der Waals surface area contributed by atoms with Gasteiger partial charge in [0.2, 0.25) is 0 Å². The van der Waals surface area contributed by atoms with Gasteiger partial charge in [-0.05, 0) is 12.8 Å². The quantitative estimate of drug-likeness (QED) is 0.509. The molecule has 0 aromatic heterocycles. The second-order valence-electron chi connectivity index (χ2n) is 3.80. The molecule has 0 aromatic carbocycles. The van der Waals surface area contributed by atoms with Crippen molar-refractivity contribution in [2.24, 2.45) is 0 Å². The molecule has 0 aliphatic carbocycles. The van der Waals surface area contributed by atoms with Gasteiger partial charge in [0.1, 0.15) is 12.2 Å². The molecule has 3 aliphatic heterocycles. The van der Waals surface area contributed by atoms with E-state index in [1.165, 1.54) is 0 Å². The lowest BCUT2D eigenvalue weighted by Gasteiger charge is -2.07. The van der Waals surface area contributed by atoms with E-state index in [2.05, 4.69) is 9.78 Å². The number of epoxide rings is 2. The van der Waals surface area contributed by atoms with Gasteiger partial charge in [-0.2, -0.15) is 0 Å². The van der Waals surface area contributed by atoms with Crippen molar-refractivity contribution >= 4 is 0 Å². The molecule has 5 nitrogen and oxygen atoms in total. The average molecular weight is 218 g/mol. The van der Waals surface area contributed by atoms with Gasteiger partial charge in [0.15, 0.2) is 0 Å². The topological polar surface area (TPSA) is 52.8 Å². The molecule has 3 fully saturated rings. The highest BCUT2D eigenvalue weighted by molar-refractivity contribution is 4.71. The van der Waals surface area contributed by atoms with E-state index in [9.17, 15) is 0 Å². The molecule has 5 heteroatoms. The normalized spacial score (nSPS) is 32.8. The number of rotatable bonds is 4. The third-order valence-electron chi connectivity index (χ3n) is 2.20. The Bertz CT molecular complexity index is 140. The smallest absolute Gasteiger partial charge is 0.104 e. The third-order valence-corrected chi connectivity index (χ3v) is 2.20. The maximum atomic E-state index is 5.23. The van der Waals surface area contributed by atoms with Crippen molar-refractivity contribution in [3.8, 4) is 0 Å². The molecule has 0 spiro atoms. The molecule has 3 aliphatic rings. The molecule has 0 bridgehead atoms. The van der Waals surface area contributed by atoms with Gasteiger partial charge in [-0.25, -0.2) is 9.78 Å². The van der Waals surface area contributed by atoms with Crippen molar-refractivity contribution in [1.29, 1.82) is 0 Å². The van der Waals surface area contributed by atoms with E-state index >= 15 is 0 Å². The van der Waals surface area contributed by atoms with E-state index in [-0.39, 0.29) is 0 Å². The first-order chi connectivity index (χ1) is 7.45. The fourth-order valence-corrected chi connectivity index (χ4v) is 1.10. The Morgan fingerprint density at radius 1 is 0.867 bits per heavy atom. The highest BCUT2D eigenvalue weighted by Crippen LogP contribution is 2.12. The molecule has 2 atom stereocenters. The minimum Gasteiger partial charge on any atom is -0.376 e. The van der Waals surface area contributed by atoms with Crippen LogP contribution in [0.2, 0.25) is 0 Å². The standard InChI is InChI=1S/C6H10O3.C4H8O2/c1(5-3-8-5)7-2-6-4-9-6;1-2-4-6-5-3-1/h5-6H,1-4H2;1-4H2. The van der Waals surface area contributed by atoms with Gasteiger partial charge in [0.25, 0.3) is 0 Å². The maximum Gasteiger partial charge on any atom is 0.104 e. The molecule has 0 aromatic rings. The monoisotopic (exact) mass is 218 g/mol. The molecule has 3 saturated heterocycles. The summed E-state index contributed by atoms with van der Waals surface area (Å²) in [6, 6.07) is 0. The Balaban J connectivity index is 0.000000124. The molecule has 3 heterocycles. The van der Waals surface area contributed by atoms with Crippen LogP contribution < -0.4 is 0 Å². The predicted molar refractivity (Wildman–Crippen MR) is 51.4 cm³/mol. The average Bonchev–Trinajstić information content (AvgIpc) is 3.16. The Hall–Kier alpha value is -0.200. The van der Waals surface area contributed by atoms with Gasteiger partial charge >= 0.3 is 0 Å². The summed E-state index contributed by atoms with van der Waals surface area (Å²) < 4.78 is 15.1. The zero-order valence-electron chi connectivity index (χ0n) is 8.85. The fourth-order valence-electron chi connectivity index (χ4n) is 1.10. The lowest BCUT2D eigenvalue weighted by molar-refractivity contribution is -0.312. The van der Waals surface area contributed by atoms with Crippen LogP contribution in [0.3, 0.4) is 0 Å². The van der Waals surface area contributed by atoms with Crippen LogP contribution in [0.5, 0.6) is 0 Å². The van der Waals surface area contributed by atoms with Crippen molar-refractivity contribution in [1.82, 2.24) is 0 Å². The summed E-state index contributed by atoms with van der Waals surface area (Å²) in [6.45, 7) is 4.82. The summed E-state index contributed by atoms with van der Waals surface area (Å²) in [6.07, 6.45) is 3.09. The largest absolute Gasteiger partial charge is 0.376 e. The number of hydrogen-bond acceptors (Lipinski definition) is 5. The Labute approximate surface area is 89.5 Å². The van der Waals surface area contributed by atoms with Crippen LogP contribution in [0.25, 0.3) is 0 Å². The summed E-state index contributed by atoms with van der Waals surface area (Å²) in [4.78, 5) is 9.14. The molecular weight excluding hydrogens is 200 g/mol. The van der Waals surface area contributed by atoms with Gasteiger partial charge in [0, 0.05) is 0 Å². The van der Waals surface area contributed by atoms with Crippen molar-refractivity contribution < 1.29 is 24.0 Å². The van der Waals surface area contributed by atoms with Crippen LogP contribution in [0, 0.1) is 0 Å². The van der Waals surface area contributed by atoms with Crippen LogP contribution in [-0.2, 0) is 24.0 Å². The first-order valence-electron chi connectivity index (χ1n) is 5.50. The first-order valence-corrected chi connectivity index (χ1v) is 5.50. The van der Waals surface area contributed by atoms with Gasteiger partial charge in [0.05, 0.1) is 39.6 Å². The molecule has 0 radical (unpaired) electrons. The second kappa shape index (κ2) is 6.40. The van der Waals surface area contributed by atoms with Crippen LogP contribution in [0.1, 0.15) is 12.8 Å². The lowest BCUT2D eigenvalue weighted by atomic mass is 10.3. The van der Waals surface area contributed by atoms with Gasteiger partial charge in [-0.1, -0.05) is 0 Å². The van der Waals surface area contributed by atoms with E-state index in [1.54, 1.807) is 0 Å². The van der Waals surface area contributed by atoms with Crippen molar-refractivity contribution in [3.05, 3.63) is 0 Å². The molecule has 0 amide bonds. The first kappa shape index (κ1) is 11.3. The summed E-state index contributed by atoms with van der Waals surface area (Å²) in [5.41, 5.74) is 0. The fraction of sp³-hybridized carbons (Fsp3) is 1.00. The lowest BCUT2D eigenvalue weighted by Crippen LogP contribution is -2.06. The van der Waals surface area contributed by atoms with Crippen LogP contribution in [-0.4, -0.2) is 51.8 Å². The van der Waals surface area contributed by atoms with Crippen LogP contribution in [0.4, 0.5) is 0 Å². The molecule has 88 valence electrons. The molecule has 0 N–H and O–H groups in total.